The fourth-order valence-electron chi connectivity index (χ4n) is 3.41. The lowest BCUT2D eigenvalue weighted by Crippen LogP contribution is -2.49. The van der Waals surface area contributed by atoms with Gasteiger partial charge in [0.15, 0.2) is 5.11 Å². The highest BCUT2D eigenvalue weighted by atomic mass is 32.1. The van der Waals surface area contributed by atoms with E-state index in [-0.39, 0.29) is 11.9 Å². The molecule has 2 aromatic rings. The van der Waals surface area contributed by atoms with Crippen LogP contribution in [0.2, 0.25) is 0 Å². The van der Waals surface area contributed by atoms with E-state index in [1.54, 1.807) is 18.4 Å². The zero-order chi connectivity index (χ0) is 19.0. The maximum atomic E-state index is 13.3. The Bertz CT molecular complexity index is 904. The van der Waals surface area contributed by atoms with Crippen molar-refractivity contribution in [3.63, 3.8) is 0 Å². The van der Waals surface area contributed by atoms with Gasteiger partial charge in [0.25, 0.3) is 5.91 Å². The molecular weight excluding hydrogens is 378 g/mol. The number of anilines is 1. The number of ether oxygens (including phenoxy) is 1. The van der Waals surface area contributed by atoms with Crippen LogP contribution in [0, 0.1) is 0 Å². The van der Waals surface area contributed by atoms with E-state index in [4.69, 9.17) is 17.0 Å². The second-order valence-corrected chi connectivity index (χ2v) is 7.89. The van der Waals surface area contributed by atoms with Gasteiger partial charge in [-0.1, -0.05) is 6.07 Å². The summed E-state index contributed by atoms with van der Waals surface area (Å²) in [5.74, 6) is 0.577. The van der Waals surface area contributed by atoms with Crippen LogP contribution in [0.3, 0.4) is 0 Å². The van der Waals surface area contributed by atoms with Gasteiger partial charge in [-0.25, -0.2) is 0 Å². The Labute approximate surface area is 168 Å². The van der Waals surface area contributed by atoms with Crippen LogP contribution in [0.4, 0.5) is 5.69 Å². The van der Waals surface area contributed by atoms with E-state index < -0.39 is 0 Å². The highest BCUT2D eigenvalue weighted by Crippen LogP contribution is 2.38. The second kappa shape index (κ2) is 7.32. The van der Waals surface area contributed by atoms with E-state index in [0.717, 1.165) is 24.1 Å². The smallest absolute Gasteiger partial charge is 0.255 e. The number of nitrogens with one attached hydrogen (secondary N) is 2. The first-order valence-electron chi connectivity index (χ1n) is 8.86. The Balaban J connectivity index is 1.70. The van der Waals surface area contributed by atoms with E-state index in [9.17, 15) is 4.79 Å². The summed E-state index contributed by atoms with van der Waals surface area (Å²) in [6.45, 7) is 1.99. The minimum Gasteiger partial charge on any atom is -0.497 e. The van der Waals surface area contributed by atoms with Crippen LogP contribution >= 0.6 is 23.6 Å². The molecule has 0 bridgehead atoms. The number of thiophene rings is 1. The molecule has 1 atom stereocenters. The largest absolute Gasteiger partial charge is 0.497 e. The normalized spacial score (nSPS) is 19.7. The zero-order valence-corrected chi connectivity index (χ0v) is 16.8. The van der Waals surface area contributed by atoms with Gasteiger partial charge in [0, 0.05) is 23.5 Å². The molecule has 1 aliphatic heterocycles. The first-order chi connectivity index (χ1) is 13.1. The number of benzene rings is 1. The third-order valence-corrected chi connectivity index (χ3v) is 5.90. The van der Waals surface area contributed by atoms with Gasteiger partial charge < -0.3 is 20.3 Å². The number of thiocarbonyl (C=S) groups is 1. The molecule has 2 heterocycles. The van der Waals surface area contributed by atoms with Crippen molar-refractivity contribution in [3.8, 4) is 5.75 Å². The molecule has 7 heteroatoms. The molecule has 1 amide bonds. The number of carbonyl (C=O) groups is 1. The lowest BCUT2D eigenvalue weighted by molar-refractivity contribution is -0.113. The van der Waals surface area contributed by atoms with Gasteiger partial charge >= 0.3 is 0 Å². The van der Waals surface area contributed by atoms with Crippen LogP contribution in [0.5, 0.6) is 5.75 Å². The molecule has 5 nitrogen and oxygen atoms in total. The molecule has 0 saturated heterocycles. The molecule has 2 aliphatic rings. The number of carbonyl (C=O) groups excluding carboxylic acids is 1. The Hall–Kier alpha value is -2.38. The van der Waals surface area contributed by atoms with Crippen molar-refractivity contribution in [1.29, 1.82) is 0 Å². The standard InChI is InChI=1S/C20H21N3O2S2/c1-12-17(19(24)21-14-4-3-5-16(10-14)25-2)18(13-8-9-27-11-13)22-20(26)23(12)15-6-7-15/h3-5,8-11,15,18H,6-7H2,1-2H3,(H,21,24)(H,22,26). The lowest BCUT2D eigenvalue weighted by atomic mass is 9.96. The van der Waals surface area contributed by atoms with Gasteiger partial charge in [-0.05, 0) is 66.5 Å². The summed E-state index contributed by atoms with van der Waals surface area (Å²) in [5, 5.41) is 11.2. The van der Waals surface area contributed by atoms with Gasteiger partial charge in [0.05, 0.1) is 18.7 Å². The Morgan fingerprint density at radius 1 is 1.37 bits per heavy atom. The Kier molecular flexibility index (Phi) is 4.88. The van der Waals surface area contributed by atoms with E-state index in [1.807, 2.05) is 42.6 Å². The lowest BCUT2D eigenvalue weighted by Gasteiger charge is -2.37. The van der Waals surface area contributed by atoms with Crippen LogP contribution in [0.25, 0.3) is 0 Å². The Morgan fingerprint density at radius 3 is 2.85 bits per heavy atom. The van der Waals surface area contributed by atoms with Gasteiger partial charge in [0.1, 0.15) is 5.75 Å². The summed E-state index contributed by atoms with van der Waals surface area (Å²) in [6.07, 6.45) is 2.21. The highest BCUT2D eigenvalue weighted by Gasteiger charge is 2.40. The minimum atomic E-state index is -0.246. The molecule has 1 aromatic heterocycles. The van der Waals surface area contributed by atoms with Crippen LogP contribution in [0.1, 0.15) is 31.4 Å². The van der Waals surface area contributed by atoms with Crippen molar-refractivity contribution in [1.82, 2.24) is 10.2 Å². The summed E-state index contributed by atoms with van der Waals surface area (Å²) in [7, 11) is 1.61. The Morgan fingerprint density at radius 2 is 2.19 bits per heavy atom. The van der Waals surface area contributed by atoms with Crippen molar-refractivity contribution in [2.45, 2.75) is 31.8 Å². The molecule has 0 spiro atoms. The van der Waals surface area contributed by atoms with Crippen LogP contribution in [0.15, 0.2) is 52.4 Å². The zero-order valence-electron chi connectivity index (χ0n) is 15.2. The number of hydrogen-bond acceptors (Lipinski definition) is 4. The average Bonchev–Trinajstić information content (AvgIpc) is 3.32. The first kappa shape index (κ1) is 18.0. The molecule has 1 saturated carbocycles. The number of nitrogens with zero attached hydrogens (tertiary/aromatic N) is 1. The van der Waals surface area contributed by atoms with Crippen LogP contribution in [-0.4, -0.2) is 29.1 Å². The van der Waals surface area contributed by atoms with Crippen molar-refractivity contribution in [3.05, 3.63) is 57.9 Å². The number of amides is 1. The summed E-state index contributed by atoms with van der Waals surface area (Å²) >= 11 is 7.22. The molecule has 1 aliphatic carbocycles. The average molecular weight is 400 g/mol. The molecule has 27 heavy (non-hydrogen) atoms. The third kappa shape index (κ3) is 3.57. The van der Waals surface area contributed by atoms with Crippen molar-refractivity contribution >= 4 is 40.3 Å². The van der Waals surface area contributed by atoms with Crippen molar-refractivity contribution < 1.29 is 9.53 Å². The summed E-state index contributed by atoms with van der Waals surface area (Å²) in [6, 6.07) is 9.56. The van der Waals surface area contributed by atoms with Crippen LogP contribution < -0.4 is 15.4 Å². The van der Waals surface area contributed by atoms with Gasteiger partial charge in [-0.15, -0.1) is 0 Å². The van der Waals surface area contributed by atoms with E-state index in [2.05, 4.69) is 20.9 Å². The fraction of sp³-hybridized carbons (Fsp3) is 0.300. The molecule has 1 unspecified atom stereocenters. The quantitative estimate of drug-likeness (QED) is 0.743. The second-order valence-electron chi connectivity index (χ2n) is 6.73. The first-order valence-corrected chi connectivity index (χ1v) is 10.2. The van der Waals surface area contributed by atoms with Crippen molar-refractivity contribution in [2.24, 2.45) is 0 Å². The van der Waals surface area contributed by atoms with Gasteiger partial charge in [0.2, 0.25) is 0 Å². The number of hydrogen-bond donors (Lipinski definition) is 2. The summed E-state index contributed by atoms with van der Waals surface area (Å²) in [4.78, 5) is 15.4. The molecule has 4 rings (SSSR count). The number of allylic oxidation sites excluding steroid dienone is 1. The molecular formula is C20H21N3O2S2. The number of rotatable bonds is 5. The topological polar surface area (TPSA) is 53.6 Å². The van der Waals surface area contributed by atoms with E-state index >= 15 is 0 Å². The molecule has 0 radical (unpaired) electrons. The molecule has 1 fully saturated rings. The number of methoxy groups -OCH3 is 1. The van der Waals surface area contributed by atoms with Gasteiger partial charge in [-0.3, -0.25) is 4.79 Å². The predicted molar refractivity (Wildman–Crippen MR) is 112 cm³/mol. The maximum Gasteiger partial charge on any atom is 0.255 e. The third-order valence-electron chi connectivity index (χ3n) is 4.89. The summed E-state index contributed by atoms with van der Waals surface area (Å²) in [5.41, 5.74) is 3.39. The van der Waals surface area contributed by atoms with Crippen molar-refractivity contribution in [2.75, 3.05) is 12.4 Å². The summed E-state index contributed by atoms with van der Waals surface area (Å²) < 4.78 is 5.25. The fourth-order valence-corrected chi connectivity index (χ4v) is 4.50. The van der Waals surface area contributed by atoms with Gasteiger partial charge in [-0.2, -0.15) is 11.3 Å². The van der Waals surface area contributed by atoms with E-state index in [0.29, 0.717) is 28.2 Å². The highest BCUT2D eigenvalue weighted by molar-refractivity contribution is 7.80. The SMILES string of the molecule is COc1cccc(NC(=O)C2=C(C)N(C3CC3)C(=S)NC2c2ccsc2)c1. The minimum absolute atomic E-state index is 0.127. The molecule has 140 valence electrons. The molecule has 2 N–H and O–H groups in total. The maximum absolute atomic E-state index is 13.3. The molecule has 1 aromatic carbocycles. The van der Waals surface area contributed by atoms with Crippen LogP contribution in [-0.2, 0) is 4.79 Å². The van der Waals surface area contributed by atoms with E-state index in [1.165, 1.54) is 0 Å². The predicted octanol–water partition coefficient (Wildman–Crippen LogP) is 4.06. The monoisotopic (exact) mass is 399 g/mol.